The van der Waals surface area contributed by atoms with Crippen molar-refractivity contribution in [3.05, 3.63) is 22.6 Å². The molecule has 2 N–H and O–H groups in total. The minimum Gasteiger partial charge on any atom is -0.465 e. The third-order valence-electron chi connectivity index (χ3n) is 3.64. The van der Waals surface area contributed by atoms with Crippen LogP contribution in [0, 0.1) is 17.1 Å². The first-order chi connectivity index (χ1) is 11.5. The zero-order chi connectivity index (χ0) is 19.4. The predicted octanol–water partition coefficient (Wildman–Crippen LogP) is 3.34. The number of hydrogen-bond acceptors (Lipinski definition) is 5. The summed E-state index contributed by atoms with van der Waals surface area (Å²) in [5, 5.41) is 21.1. The van der Waals surface area contributed by atoms with Gasteiger partial charge in [-0.1, -0.05) is 11.6 Å². The van der Waals surface area contributed by atoms with Crippen LogP contribution in [-0.4, -0.2) is 52.4 Å². The molecule has 9 heteroatoms. The van der Waals surface area contributed by atoms with Crippen molar-refractivity contribution >= 4 is 23.5 Å². The average Bonchev–Trinajstić information content (AvgIpc) is 2.47. The standard InChI is InChI=1S/C16H22ClFN4O3/c1-9(22(15(23)24)16(2,3)4)12(8-25-5)20-14-11(18)6-10(7-19)13(17)21-14/h6,9,12H,8H2,1-5H3,(H,20,21)(H,23,24)/t9-,12+/m0/s1. The normalized spacial score (nSPS) is 13.7. The predicted molar refractivity (Wildman–Crippen MR) is 92.3 cm³/mol. The van der Waals surface area contributed by atoms with Crippen LogP contribution in [0.25, 0.3) is 0 Å². The summed E-state index contributed by atoms with van der Waals surface area (Å²) in [4.78, 5) is 16.8. The Morgan fingerprint density at radius 1 is 1.60 bits per heavy atom. The van der Waals surface area contributed by atoms with E-state index in [1.807, 2.05) is 0 Å². The van der Waals surface area contributed by atoms with Gasteiger partial charge in [-0.2, -0.15) is 5.26 Å². The lowest BCUT2D eigenvalue weighted by Gasteiger charge is -2.41. The molecule has 0 unspecified atom stereocenters. The highest BCUT2D eigenvalue weighted by Crippen LogP contribution is 2.24. The van der Waals surface area contributed by atoms with E-state index in [-0.39, 0.29) is 23.1 Å². The number of amides is 1. The molecule has 0 bridgehead atoms. The highest BCUT2D eigenvalue weighted by Gasteiger charge is 2.35. The fraction of sp³-hybridized carbons (Fsp3) is 0.562. The number of halogens is 2. The van der Waals surface area contributed by atoms with Gasteiger partial charge < -0.3 is 15.2 Å². The van der Waals surface area contributed by atoms with E-state index in [1.54, 1.807) is 33.8 Å². The first kappa shape index (κ1) is 20.9. The van der Waals surface area contributed by atoms with Gasteiger partial charge >= 0.3 is 6.09 Å². The summed E-state index contributed by atoms with van der Waals surface area (Å²) in [6, 6.07) is 1.57. The van der Waals surface area contributed by atoms with Crippen LogP contribution in [0.15, 0.2) is 6.07 Å². The van der Waals surface area contributed by atoms with E-state index in [0.29, 0.717) is 0 Å². The first-order valence-electron chi connectivity index (χ1n) is 7.56. The van der Waals surface area contributed by atoms with Gasteiger partial charge in [-0.15, -0.1) is 0 Å². The van der Waals surface area contributed by atoms with Crippen molar-refractivity contribution in [2.75, 3.05) is 19.0 Å². The van der Waals surface area contributed by atoms with Gasteiger partial charge in [0.2, 0.25) is 0 Å². The van der Waals surface area contributed by atoms with Gasteiger partial charge in [-0.05, 0) is 33.8 Å². The molecule has 0 aliphatic heterocycles. The van der Waals surface area contributed by atoms with Crippen molar-refractivity contribution in [1.82, 2.24) is 9.88 Å². The van der Waals surface area contributed by atoms with Crippen molar-refractivity contribution < 1.29 is 19.0 Å². The van der Waals surface area contributed by atoms with E-state index in [4.69, 9.17) is 21.6 Å². The average molecular weight is 373 g/mol. The van der Waals surface area contributed by atoms with E-state index in [0.717, 1.165) is 6.07 Å². The highest BCUT2D eigenvalue weighted by molar-refractivity contribution is 6.30. The number of aromatic nitrogens is 1. The van der Waals surface area contributed by atoms with Crippen LogP contribution in [0.3, 0.4) is 0 Å². The molecule has 1 heterocycles. The summed E-state index contributed by atoms with van der Waals surface area (Å²) in [7, 11) is 1.46. The van der Waals surface area contributed by atoms with E-state index < -0.39 is 29.5 Å². The fourth-order valence-corrected chi connectivity index (χ4v) is 2.74. The molecule has 138 valence electrons. The maximum atomic E-state index is 14.2. The molecule has 0 radical (unpaired) electrons. The Labute approximate surface area is 151 Å². The van der Waals surface area contributed by atoms with Crippen LogP contribution in [0.1, 0.15) is 33.3 Å². The lowest BCUT2D eigenvalue weighted by Crippen LogP contribution is -2.56. The second-order valence-corrected chi connectivity index (χ2v) is 6.90. The van der Waals surface area contributed by atoms with Crippen LogP contribution < -0.4 is 5.32 Å². The van der Waals surface area contributed by atoms with Crippen LogP contribution in [-0.2, 0) is 4.74 Å². The fourth-order valence-electron chi connectivity index (χ4n) is 2.55. The summed E-state index contributed by atoms with van der Waals surface area (Å²) >= 11 is 5.85. The molecule has 0 saturated heterocycles. The van der Waals surface area contributed by atoms with E-state index in [2.05, 4.69) is 10.3 Å². The number of ether oxygens (including phenoxy) is 1. The van der Waals surface area contributed by atoms with Crippen LogP contribution >= 0.6 is 11.6 Å². The summed E-state index contributed by atoms with van der Waals surface area (Å²) in [5.74, 6) is -0.927. The number of hydrogen-bond donors (Lipinski definition) is 2. The number of nitriles is 1. The van der Waals surface area contributed by atoms with Gasteiger partial charge in [0.05, 0.1) is 24.3 Å². The maximum Gasteiger partial charge on any atom is 0.408 e. The van der Waals surface area contributed by atoms with Crippen molar-refractivity contribution in [1.29, 1.82) is 5.26 Å². The summed E-state index contributed by atoms with van der Waals surface area (Å²) in [5.41, 5.74) is -0.754. The Morgan fingerprint density at radius 2 is 2.20 bits per heavy atom. The van der Waals surface area contributed by atoms with Gasteiger partial charge in [-0.3, -0.25) is 4.90 Å². The van der Waals surface area contributed by atoms with Gasteiger partial charge in [0.1, 0.15) is 11.2 Å². The quantitative estimate of drug-likeness (QED) is 0.743. The first-order valence-corrected chi connectivity index (χ1v) is 7.94. The number of nitrogens with zero attached hydrogens (tertiary/aromatic N) is 3. The summed E-state index contributed by atoms with van der Waals surface area (Å²) in [6.07, 6.45) is -1.10. The second-order valence-electron chi connectivity index (χ2n) is 6.54. The second kappa shape index (κ2) is 8.32. The minimum atomic E-state index is -1.10. The highest BCUT2D eigenvalue weighted by atomic mass is 35.5. The number of carboxylic acid groups (broad SMARTS) is 1. The van der Waals surface area contributed by atoms with Gasteiger partial charge in [-0.25, -0.2) is 14.2 Å². The number of anilines is 1. The molecular weight excluding hydrogens is 351 g/mol. The minimum absolute atomic E-state index is 0.0806. The zero-order valence-electron chi connectivity index (χ0n) is 14.8. The van der Waals surface area contributed by atoms with Crippen LogP contribution in [0.2, 0.25) is 5.15 Å². The van der Waals surface area contributed by atoms with Crippen molar-refractivity contribution in [3.63, 3.8) is 0 Å². The SMILES string of the molecule is COC[C@@H](Nc1nc(Cl)c(C#N)cc1F)[C@H](C)N(C(=O)O)C(C)(C)C. The lowest BCUT2D eigenvalue weighted by atomic mass is 10.00. The molecule has 2 atom stereocenters. The van der Waals surface area contributed by atoms with Gasteiger partial charge in [0, 0.05) is 12.6 Å². The smallest absolute Gasteiger partial charge is 0.408 e. The van der Waals surface area contributed by atoms with Crippen molar-refractivity contribution in [3.8, 4) is 6.07 Å². The number of methoxy groups -OCH3 is 1. The molecule has 1 amide bonds. The molecule has 0 spiro atoms. The Morgan fingerprint density at radius 3 is 2.64 bits per heavy atom. The summed E-state index contributed by atoms with van der Waals surface area (Å²) < 4.78 is 19.3. The maximum absolute atomic E-state index is 14.2. The van der Waals surface area contributed by atoms with Gasteiger partial charge in [0.15, 0.2) is 11.6 Å². The number of rotatable bonds is 6. The van der Waals surface area contributed by atoms with E-state index in [1.165, 1.54) is 12.0 Å². The number of carbonyl (C=O) groups is 1. The molecule has 0 aliphatic carbocycles. The number of nitrogens with one attached hydrogen (secondary N) is 1. The third kappa shape index (κ3) is 5.18. The molecule has 1 aromatic rings. The van der Waals surface area contributed by atoms with Crippen LogP contribution in [0.4, 0.5) is 15.0 Å². The molecule has 0 fully saturated rings. The lowest BCUT2D eigenvalue weighted by molar-refractivity contribution is 0.0562. The third-order valence-corrected chi connectivity index (χ3v) is 3.92. The molecule has 1 rings (SSSR count). The summed E-state index contributed by atoms with van der Waals surface area (Å²) in [6.45, 7) is 7.09. The van der Waals surface area contributed by atoms with Crippen molar-refractivity contribution in [2.24, 2.45) is 0 Å². The van der Waals surface area contributed by atoms with E-state index >= 15 is 0 Å². The molecule has 0 aromatic carbocycles. The Balaban J connectivity index is 3.18. The van der Waals surface area contributed by atoms with E-state index in [9.17, 15) is 14.3 Å². The Hall–Kier alpha value is -2.11. The number of pyridine rings is 1. The zero-order valence-corrected chi connectivity index (χ0v) is 15.6. The topological polar surface area (TPSA) is 98.5 Å². The van der Waals surface area contributed by atoms with Crippen molar-refractivity contribution in [2.45, 2.75) is 45.3 Å². The Kier molecular flexibility index (Phi) is 6.96. The molecule has 25 heavy (non-hydrogen) atoms. The molecular formula is C16H22ClFN4O3. The molecule has 7 nitrogen and oxygen atoms in total. The van der Waals surface area contributed by atoms with Gasteiger partial charge in [0.25, 0.3) is 0 Å². The van der Waals surface area contributed by atoms with Crippen LogP contribution in [0.5, 0.6) is 0 Å². The molecule has 0 aliphatic rings. The molecule has 0 saturated carbocycles. The largest absolute Gasteiger partial charge is 0.465 e. The Bertz CT molecular complexity index is 673. The molecule has 1 aromatic heterocycles. The monoisotopic (exact) mass is 372 g/mol.